The number of benzene rings is 2. The Labute approximate surface area is 232 Å². The summed E-state index contributed by atoms with van der Waals surface area (Å²) in [4.78, 5) is 41.6. The molecule has 1 fully saturated rings. The zero-order valence-corrected chi connectivity index (χ0v) is 23.6. The molecule has 2 aromatic rings. The number of hydrogen-bond donors (Lipinski definition) is 4. The van der Waals surface area contributed by atoms with Gasteiger partial charge >= 0.3 is 0 Å². The van der Waals surface area contributed by atoms with Crippen molar-refractivity contribution < 1.29 is 14.4 Å². The van der Waals surface area contributed by atoms with Crippen molar-refractivity contribution in [2.24, 2.45) is 5.73 Å². The minimum Gasteiger partial charge on any atom is -0.351 e. The van der Waals surface area contributed by atoms with Crippen molar-refractivity contribution in [1.82, 2.24) is 25.8 Å². The highest BCUT2D eigenvalue weighted by Gasteiger charge is 2.28. The summed E-state index contributed by atoms with van der Waals surface area (Å²) in [6.07, 6.45) is 2.48. The van der Waals surface area contributed by atoms with Gasteiger partial charge in [0.1, 0.15) is 0 Å². The molecule has 0 saturated carbocycles. The van der Waals surface area contributed by atoms with Gasteiger partial charge < -0.3 is 31.5 Å². The van der Waals surface area contributed by atoms with Crippen molar-refractivity contribution in [3.05, 3.63) is 70.8 Å². The summed E-state index contributed by atoms with van der Waals surface area (Å²) in [5.74, 6) is -0.234. The lowest BCUT2D eigenvalue weighted by Gasteiger charge is -2.38. The Kier molecular flexibility index (Phi) is 11.5. The zero-order valence-electron chi connectivity index (χ0n) is 23.6. The Bertz CT molecular complexity index is 1080. The molecule has 0 aliphatic carbocycles. The second-order valence-corrected chi connectivity index (χ2v) is 10.8. The van der Waals surface area contributed by atoms with Crippen molar-refractivity contribution in [3.8, 4) is 0 Å². The monoisotopic (exact) mass is 536 g/mol. The first-order chi connectivity index (χ1) is 18.7. The molecule has 39 heavy (non-hydrogen) atoms. The average Bonchev–Trinajstić information content (AvgIpc) is 3.45. The van der Waals surface area contributed by atoms with Gasteiger partial charge in [-0.3, -0.25) is 14.4 Å². The highest BCUT2D eigenvalue weighted by atomic mass is 16.2. The zero-order chi connectivity index (χ0) is 28.3. The third kappa shape index (κ3) is 9.45. The SMILES string of the molecule is CC(=O)N(Cc1ccc(C(=O)NCCN2CCCC2)cc1)C(C)(C)CNCCNC(=O)c1ccc(CN)cc1. The predicted octanol–water partition coefficient (Wildman–Crippen LogP) is 2.12. The molecule has 1 heterocycles. The van der Waals surface area contributed by atoms with Crippen LogP contribution in [0.1, 0.15) is 65.5 Å². The normalized spacial score (nSPS) is 13.7. The molecule has 212 valence electrons. The molecule has 5 N–H and O–H groups in total. The molecule has 1 aliphatic heterocycles. The van der Waals surface area contributed by atoms with Crippen LogP contribution in [-0.2, 0) is 17.9 Å². The number of carbonyl (C=O) groups is 3. The standard InChI is InChI=1S/C30H44N6O3/c1-23(37)36(21-25-8-12-27(13-9-25)29(39)34-16-19-35-17-4-5-18-35)30(2,3)22-32-14-15-33-28(38)26-10-6-24(20-31)7-11-26/h6-13,32H,4-5,14-22,31H2,1-3H3,(H,33,38)(H,34,39). The molecule has 0 aromatic heterocycles. The summed E-state index contributed by atoms with van der Waals surface area (Å²) >= 11 is 0. The number of likely N-dealkylation sites (tertiary alicyclic amines) is 1. The molecule has 3 amide bonds. The fourth-order valence-corrected chi connectivity index (χ4v) is 4.78. The highest BCUT2D eigenvalue weighted by molar-refractivity contribution is 5.94. The third-order valence-corrected chi connectivity index (χ3v) is 7.18. The Morgan fingerprint density at radius 1 is 0.846 bits per heavy atom. The summed E-state index contributed by atoms with van der Waals surface area (Å²) in [7, 11) is 0. The van der Waals surface area contributed by atoms with Gasteiger partial charge in [0.25, 0.3) is 11.8 Å². The second-order valence-electron chi connectivity index (χ2n) is 10.8. The number of nitrogens with zero attached hydrogens (tertiary/aromatic N) is 2. The first kappa shape index (κ1) is 30.3. The molecule has 9 nitrogen and oxygen atoms in total. The molecule has 1 saturated heterocycles. The molecule has 0 unspecified atom stereocenters. The number of carbonyl (C=O) groups excluding carboxylic acids is 3. The van der Waals surface area contributed by atoms with Crippen LogP contribution in [0, 0.1) is 0 Å². The van der Waals surface area contributed by atoms with E-state index in [0.717, 1.165) is 30.8 Å². The van der Waals surface area contributed by atoms with Crippen molar-refractivity contribution >= 4 is 17.7 Å². The number of rotatable bonds is 14. The van der Waals surface area contributed by atoms with Crippen LogP contribution in [0.15, 0.2) is 48.5 Å². The van der Waals surface area contributed by atoms with E-state index in [0.29, 0.717) is 50.4 Å². The van der Waals surface area contributed by atoms with E-state index in [1.165, 1.54) is 12.8 Å². The van der Waals surface area contributed by atoms with E-state index in [2.05, 4.69) is 20.9 Å². The van der Waals surface area contributed by atoms with Gasteiger partial charge in [0.05, 0.1) is 5.54 Å². The van der Waals surface area contributed by atoms with Gasteiger partial charge in [0.2, 0.25) is 5.91 Å². The van der Waals surface area contributed by atoms with Crippen molar-refractivity contribution in [2.75, 3.05) is 45.8 Å². The number of nitrogens with one attached hydrogen (secondary N) is 3. The average molecular weight is 537 g/mol. The molecule has 0 bridgehead atoms. The Morgan fingerprint density at radius 2 is 1.38 bits per heavy atom. The van der Waals surface area contributed by atoms with Crippen LogP contribution in [0.3, 0.4) is 0 Å². The van der Waals surface area contributed by atoms with E-state index in [1.807, 2.05) is 55.1 Å². The summed E-state index contributed by atoms with van der Waals surface area (Å²) in [5, 5.41) is 9.26. The quantitative estimate of drug-likeness (QED) is 0.275. The fourth-order valence-electron chi connectivity index (χ4n) is 4.78. The van der Waals surface area contributed by atoms with Crippen molar-refractivity contribution in [2.45, 2.75) is 52.2 Å². The minimum absolute atomic E-state index is 0.0280. The van der Waals surface area contributed by atoms with E-state index in [9.17, 15) is 14.4 Å². The lowest BCUT2D eigenvalue weighted by molar-refractivity contribution is -0.134. The molecular weight excluding hydrogens is 492 g/mol. The van der Waals surface area contributed by atoms with Gasteiger partial charge in [0, 0.05) is 63.9 Å². The number of nitrogens with two attached hydrogens (primary N) is 1. The summed E-state index contributed by atoms with van der Waals surface area (Å²) in [6, 6.07) is 14.7. The topological polar surface area (TPSA) is 120 Å². The molecule has 0 radical (unpaired) electrons. The van der Waals surface area contributed by atoms with Crippen molar-refractivity contribution in [3.63, 3.8) is 0 Å². The fraction of sp³-hybridized carbons (Fsp3) is 0.500. The molecular formula is C30H44N6O3. The summed E-state index contributed by atoms with van der Waals surface area (Å²) in [5.41, 5.74) is 8.30. The first-order valence-corrected chi connectivity index (χ1v) is 13.9. The van der Waals surface area contributed by atoms with E-state index in [-0.39, 0.29) is 17.7 Å². The van der Waals surface area contributed by atoms with E-state index >= 15 is 0 Å². The minimum atomic E-state index is -0.459. The largest absolute Gasteiger partial charge is 0.351 e. The molecule has 1 aliphatic rings. The van der Waals surface area contributed by atoms with E-state index in [1.54, 1.807) is 19.1 Å². The predicted molar refractivity (Wildman–Crippen MR) is 154 cm³/mol. The van der Waals surface area contributed by atoms with Gasteiger partial charge in [-0.2, -0.15) is 0 Å². The molecule has 2 aromatic carbocycles. The molecule has 9 heteroatoms. The van der Waals surface area contributed by atoms with Crippen LogP contribution in [0.5, 0.6) is 0 Å². The van der Waals surface area contributed by atoms with Crippen LogP contribution in [0.4, 0.5) is 0 Å². The molecule has 0 spiro atoms. The Hall–Kier alpha value is -3.27. The Balaban J connectivity index is 1.43. The summed E-state index contributed by atoms with van der Waals surface area (Å²) in [6.45, 7) is 11.8. The smallest absolute Gasteiger partial charge is 0.251 e. The highest BCUT2D eigenvalue weighted by Crippen LogP contribution is 2.18. The Morgan fingerprint density at radius 3 is 1.92 bits per heavy atom. The van der Waals surface area contributed by atoms with Gasteiger partial charge in [-0.05, 0) is 75.2 Å². The molecule has 0 atom stereocenters. The molecule has 3 rings (SSSR count). The van der Waals surface area contributed by atoms with Crippen LogP contribution in [0.2, 0.25) is 0 Å². The van der Waals surface area contributed by atoms with Gasteiger partial charge in [-0.1, -0.05) is 24.3 Å². The van der Waals surface area contributed by atoms with Gasteiger partial charge in [-0.25, -0.2) is 0 Å². The van der Waals surface area contributed by atoms with Crippen molar-refractivity contribution in [1.29, 1.82) is 0 Å². The lowest BCUT2D eigenvalue weighted by atomic mass is 10.0. The maximum atomic E-state index is 12.5. The van der Waals surface area contributed by atoms with Crippen LogP contribution in [0.25, 0.3) is 0 Å². The number of amides is 3. The number of hydrogen-bond acceptors (Lipinski definition) is 6. The lowest BCUT2D eigenvalue weighted by Crippen LogP contribution is -2.53. The van der Waals surface area contributed by atoms with E-state index in [4.69, 9.17) is 5.73 Å². The third-order valence-electron chi connectivity index (χ3n) is 7.18. The summed E-state index contributed by atoms with van der Waals surface area (Å²) < 4.78 is 0. The second kappa shape index (κ2) is 14.8. The first-order valence-electron chi connectivity index (χ1n) is 13.9. The maximum absolute atomic E-state index is 12.5. The van der Waals surface area contributed by atoms with Gasteiger partial charge in [-0.15, -0.1) is 0 Å². The van der Waals surface area contributed by atoms with Crippen LogP contribution >= 0.6 is 0 Å². The van der Waals surface area contributed by atoms with Crippen LogP contribution < -0.4 is 21.7 Å². The van der Waals surface area contributed by atoms with E-state index < -0.39 is 5.54 Å². The van der Waals surface area contributed by atoms with Crippen LogP contribution in [-0.4, -0.2) is 78.9 Å². The maximum Gasteiger partial charge on any atom is 0.251 e. The van der Waals surface area contributed by atoms with Gasteiger partial charge in [0.15, 0.2) is 0 Å².